The van der Waals surface area contributed by atoms with E-state index in [1.807, 2.05) is 0 Å². The van der Waals surface area contributed by atoms with Crippen LogP contribution in [0.5, 0.6) is 0 Å². The van der Waals surface area contributed by atoms with Crippen molar-refractivity contribution in [2.75, 3.05) is 7.11 Å². The molecule has 0 atom stereocenters. The van der Waals surface area contributed by atoms with Gasteiger partial charge in [0.15, 0.2) is 0 Å². The predicted octanol–water partition coefficient (Wildman–Crippen LogP) is 4.00. The first-order valence-corrected chi connectivity index (χ1v) is 6.80. The van der Waals surface area contributed by atoms with Crippen molar-refractivity contribution in [3.63, 3.8) is 0 Å². The minimum absolute atomic E-state index is 0.0450. The fourth-order valence-corrected chi connectivity index (χ4v) is 2.28. The van der Waals surface area contributed by atoms with Crippen LogP contribution in [-0.4, -0.2) is 13.1 Å². The molecule has 0 aliphatic rings. The Labute approximate surface area is 120 Å². The molecular weight excluding hydrogens is 248 g/mol. The average Bonchev–Trinajstić information content (AvgIpc) is 2.46. The van der Waals surface area contributed by atoms with Gasteiger partial charge in [0.25, 0.3) is 0 Å². The van der Waals surface area contributed by atoms with Crippen LogP contribution in [0, 0.1) is 13.8 Å². The predicted molar refractivity (Wildman–Crippen MR) is 80.8 cm³/mol. The van der Waals surface area contributed by atoms with Gasteiger partial charge < -0.3 is 4.74 Å². The van der Waals surface area contributed by atoms with Crippen LogP contribution < -0.4 is 0 Å². The van der Waals surface area contributed by atoms with E-state index in [-0.39, 0.29) is 11.9 Å². The normalized spacial score (nSPS) is 10.6. The SMILES string of the molecule is COC(=O)CC(c1ccc(C)cc1)c1ccc(C)cc1. The number of ether oxygens (including phenoxy) is 1. The molecule has 0 bridgehead atoms. The molecule has 0 unspecified atom stereocenters. The summed E-state index contributed by atoms with van der Waals surface area (Å²) in [5.41, 5.74) is 4.72. The third kappa shape index (κ3) is 3.47. The lowest BCUT2D eigenvalue weighted by molar-refractivity contribution is -0.140. The Kier molecular flexibility index (Phi) is 4.57. The number of carbonyl (C=O) groups is 1. The van der Waals surface area contributed by atoms with Gasteiger partial charge in [0.05, 0.1) is 13.5 Å². The standard InChI is InChI=1S/C18H20O2/c1-13-4-8-15(9-5-13)17(12-18(19)20-3)16-10-6-14(2)7-11-16/h4-11,17H,12H2,1-3H3. The van der Waals surface area contributed by atoms with Crippen molar-refractivity contribution in [2.24, 2.45) is 0 Å². The van der Waals surface area contributed by atoms with Gasteiger partial charge in [-0.25, -0.2) is 0 Å². The lowest BCUT2D eigenvalue weighted by Gasteiger charge is -2.17. The van der Waals surface area contributed by atoms with Gasteiger partial charge in [-0.15, -0.1) is 0 Å². The highest BCUT2D eigenvalue weighted by Gasteiger charge is 2.18. The number of hydrogen-bond acceptors (Lipinski definition) is 2. The molecule has 2 aromatic rings. The van der Waals surface area contributed by atoms with E-state index in [4.69, 9.17) is 4.74 Å². The molecule has 0 aliphatic heterocycles. The fraction of sp³-hybridized carbons (Fsp3) is 0.278. The van der Waals surface area contributed by atoms with Gasteiger partial charge >= 0.3 is 5.97 Å². The molecule has 0 N–H and O–H groups in total. The van der Waals surface area contributed by atoms with Crippen LogP contribution in [0.3, 0.4) is 0 Å². The second-order valence-electron chi connectivity index (χ2n) is 5.15. The van der Waals surface area contributed by atoms with Crippen molar-refractivity contribution in [3.8, 4) is 0 Å². The van der Waals surface area contributed by atoms with Crippen molar-refractivity contribution in [1.29, 1.82) is 0 Å². The number of carbonyl (C=O) groups excluding carboxylic acids is 1. The molecule has 0 fully saturated rings. The molecule has 0 aromatic heterocycles. The number of hydrogen-bond donors (Lipinski definition) is 0. The summed E-state index contributed by atoms with van der Waals surface area (Å²) < 4.78 is 4.83. The van der Waals surface area contributed by atoms with E-state index in [1.54, 1.807) is 0 Å². The summed E-state index contributed by atoms with van der Waals surface area (Å²) in [5, 5.41) is 0. The van der Waals surface area contributed by atoms with Crippen molar-refractivity contribution in [2.45, 2.75) is 26.2 Å². The van der Waals surface area contributed by atoms with E-state index < -0.39 is 0 Å². The average molecular weight is 268 g/mol. The molecule has 2 rings (SSSR count). The number of methoxy groups -OCH3 is 1. The van der Waals surface area contributed by atoms with E-state index in [2.05, 4.69) is 62.4 Å². The van der Waals surface area contributed by atoms with E-state index in [9.17, 15) is 4.79 Å². The summed E-state index contributed by atoms with van der Waals surface area (Å²) >= 11 is 0. The second-order valence-corrected chi connectivity index (χ2v) is 5.15. The topological polar surface area (TPSA) is 26.3 Å². The molecule has 104 valence electrons. The molecule has 0 saturated carbocycles. The Morgan fingerprint density at radius 2 is 1.30 bits per heavy atom. The molecule has 2 nitrogen and oxygen atoms in total. The smallest absolute Gasteiger partial charge is 0.306 e. The van der Waals surface area contributed by atoms with Crippen molar-refractivity contribution in [3.05, 3.63) is 70.8 Å². The Morgan fingerprint density at radius 1 is 0.900 bits per heavy atom. The van der Waals surface area contributed by atoms with Crippen LogP contribution in [-0.2, 0) is 9.53 Å². The third-order valence-electron chi connectivity index (χ3n) is 3.56. The number of esters is 1. The van der Waals surface area contributed by atoms with Gasteiger partial charge in [-0.05, 0) is 25.0 Å². The monoisotopic (exact) mass is 268 g/mol. The molecule has 0 aliphatic carbocycles. The van der Waals surface area contributed by atoms with E-state index in [0.717, 1.165) is 11.1 Å². The number of aryl methyl sites for hydroxylation is 2. The Hall–Kier alpha value is -2.09. The number of rotatable bonds is 4. The highest BCUT2D eigenvalue weighted by atomic mass is 16.5. The molecule has 0 amide bonds. The van der Waals surface area contributed by atoms with Crippen molar-refractivity contribution in [1.82, 2.24) is 0 Å². The van der Waals surface area contributed by atoms with Gasteiger partial charge in [0, 0.05) is 5.92 Å². The van der Waals surface area contributed by atoms with Crippen LogP contribution in [0.25, 0.3) is 0 Å². The molecule has 2 aromatic carbocycles. The fourth-order valence-electron chi connectivity index (χ4n) is 2.28. The first-order chi connectivity index (χ1) is 9.60. The van der Waals surface area contributed by atoms with E-state index >= 15 is 0 Å². The summed E-state index contributed by atoms with van der Waals surface area (Å²) in [4.78, 5) is 11.7. The highest BCUT2D eigenvalue weighted by Crippen LogP contribution is 2.28. The van der Waals surface area contributed by atoms with E-state index in [1.165, 1.54) is 18.2 Å². The summed E-state index contributed by atoms with van der Waals surface area (Å²) in [5.74, 6) is -0.139. The maximum atomic E-state index is 11.7. The Balaban J connectivity index is 2.35. The van der Waals surface area contributed by atoms with Crippen LogP contribution >= 0.6 is 0 Å². The zero-order valence-electron chi connectivity index (χ0n) is 12.2. The van der Waals surface area contributed by atoms with Crippen molar-refractivity contribution < 1.29 is 9.53 Å². The Bertz CT molecular complexity index is 522. The second kappa shape index (κ2) is 6.38. The maximum Gasteiger partial charge on any atom is 0.306 e. The third-order valence-corrected chi connectivity index (χ3v) is 3.56. The summed E-state index contributed by atoms with van der Waals surface area (Å²) in [6.45, 7) is 4.12. The first-order valence-electron chi connectivity index (χ1n) is 6.80. The van der Waals surface area contributed by atoms with Crippen LogP contribution in [0.15, 0.2) is 48.5 Å². The maximum absolute atomic E-state index is 11.7. The Morgan fingerprint density at radius 3 is 1.65 bits per heavy atom. The van der Waals surface area contributed by atoms with Crippen LogP contribution in [0.4, 0.5) is 0 Å². The number of benzene rings is 2. The quantitative estimate of drug-likeness (QED) is 0.783. The molecule has 0 spiro atoms. The summed E-state index contributed by atoms with van der Waals surface area (Å²) in [6, 6.07) is 16.7. The van der Waals surface area contributed by atoms with Gasteiger partial charge in [0.2, 0.25) is 0 Å². The van der Waals surface area contributed by atoms with Gasteiger partial charge in [-0.1, -0.05) is 59.7 Å². The zero-order chi connectivity index (χ0) is 14.5. The van der Waals surface area contributed by atoms with Crippen LogP contribution in [0.1, 0.15) is 34.6 Å². The lowest BCUT2D eigenvalue weighted by atomic mass is 9.88. The molecule has 2 heteroatoms. The highest BCUT2D eigenvalue weighted by molar-refractivity contribution is 5.71. The minimum atomic E-state index is -0.184. The van der Waals surface area contributed by atoms with Crippen LogP contribution in [0.2, 0.25) is 0 Å². The minimum Gasteiger partial charge on any atom is -0.469 e. The lowest BCUT2D eigenvalue weighted by Crippen LogP contribution is -2.10. The van der Waals surface area contributed by atoms with Gasteiger partial charge in [0.1, 0.15) is 0 Å². The van der Waals surface area contributed by atoms with Crippen molar-refractivity contribution >= 4 is 5.97 Å². The first kappa shape index (κ1) is 14.3. The van der Waals surface area contributed by atoms with E-state index in [0.29, 0.717) is 6.42 Å². The molecule has 0 heterocycles. The largest absolute Gasteiger partial charge is 0.469 e. The molecule has 0 saturated heterocycles. The summed E-state index contributed by atoms with van der Waals surface area (Å²) in [7, 11) is 1.43. The molecule has 0 radical (unpaired) electrons. The zero-order valence-corrected chi connectivity index (χ0v) is 12.2. The molecule has 20 heavy (non-hydrogen) atoms. The van der Waals surface area contributed by atoms with Gasteiger partial charge in [-0.2, -0.15) is 0 Å². The van der Waals surface area contributed by atoms with Gasteiger partial charge in [-0.3, -0.25) is 4.79 Å². The summed E-state index contributed by atoms with van der Waals surface area (Å²) in [6.07, 6.45) is 0.364. The molecular formula is C18H20O2.